The molecule has 3 N–H and O–H groups in total. The molecule has 123 valence electrons. The van der Waals surface area contributed by atoms with E-state index >= 15 is 0 Å². The van der Waals surface area contributed by atoms with Crippen LogP contribution in [0.5, 0.6) is 0 Å². The van der Waals surface area contributed by atoms with Crippen LogP contribution in [-0.4, -0.2) is 33.2 Å². The number of carboxylic acids is 2. The van der Waals surface area contributed by atoms with Gasteiger partial charge in [0, 0.05) is 12.8 Å². The lowest BCUT2D eigenvalue weighted by atomic mass is 10.1. The molecule has 1 unspecified atom stereocenters. The van der Waals surface area contributed by atoms with Crippen LogP contribution < -0.4 is 0 Å². The zero-order valence-corrected chi connectivity index (χ0v) is 12.9. The summed E-state index contributed by atoms with van der Waals surface area (Å²) in [7, 11) is -4.05. The zero-order chi connectivity index (χ0) is 17.0. The first kappa shape index (κ1) is 20.3. The smallest absolute Gasteiger partial charge is 0.356 e. The summed E-state index contributed by atoms with van der Waals surface area (Å²) in [5.74, 6) is -1.90. The lowest BCUT2D eigenvalue weighted by Gasteiger charge is -2.01. The van der Waals surface area contributed by atoms with Gasteiger partial charge in [0.2, 0.25) is 0 Å². The van der Waals surface area contributed by atoms with Gasteiger partial charge in [-0.25, -0.2) is 0 Å². The highest BCUT2D eigenvalue weighted by Gasteiger charge is 2.13. The van der Waals surface area contributed by atoms with Crippen molar-refractivity contribution >= 4 is 19.5 Å². The zero-order valence-electron chi connectivity index (χ0n) is 12.1. The number of rotatable bonds is 8. The Balaban J connectivity index is 0.000000433. The summed E-state index contributed by atoms with van der Waals surface area (Å²) in [5, 5.41) is 16.1. The summed E-state index contributed by atoms with van der Waals surface area (Å²) >= 11 is 0. The van der Waals surface area contributed by atoms with Crippen LogP contribution in [0.3, 0.4) is 0 Å². The van der Waals surface area contributed by atoms with Crippen LogP contribution in [0.15, 0.2) is 30.3 Å². The Bertz CT molecular complexity index is 481. The van der Waals surface area contributed by atoms with Crippen molar-refractivity contribution in [2.45, 2.75) is 32.1 Å². The molecule has 0 aliphatic rings. The van der Waals surface area contributed by atoms with Crippen molar-refractivity contribution in [1.82, 2.24) is 0 Å². The fourth-order valence-electron chi connectivity index (χ4n) is 1.52. The quantitative estimate of drug-likeness (QED) is 0.627. The molecule has 1 rings (SSSR count). The Morgan fingerprint density at radius 3 is 1.86 bits per heavy atom. The summed E-state index contributed by atoms with van der Waals surface area (Å²) in [4.78, 5) is 38.5. The Hall–Kier alpha value is -1.69. The molecule has 8 heteroatoms. The SMILES string of the molecule is O=C(O)CCCC(=O)O.[O]P(=O)(O)CCCc1ccccc1. The maximum absolute atomic E-state index is 10.4. The van der Waals surface area contributed by atoms with Gasteiger partial charge in [0.05, 0.1) is 6.16 Å². The third-order valence-electron chi connectivity index (χ3n) is 2.53. The molecule has 0 fully saturated rings. The van der Waals surface area contributed by atoms with Gasteiger partial charge in [0.15, 0.2) is 0 Å². The van der Waals surface area contributed by atoms with Gasteiger partial charge in [0.1, 0.15) is 0 Å². The number of hydrogen-bond acceptors (Lipinski definition) is 3. The molecular weight excluding hydrogens is 311 g/mol. The Morgan fingerprint density at radius 1 is 0.955 bits per heavy atom. The molecule has 0 aromatic heterocycles. The Morgan fingerprint density at radius 2 is 1.45 bits per heavy atom. The van der Waals surface area contributed by atoms with Gasteiger partial charge in [-0.05, 0) is 24.8 Å². The van der Waals surface area contributed by atoms with E-state index in [1.54, 1.807) is 0 Å². The topological polar surface area (TPSA) is 132 Å². The van der Waals surface area contributed by atoms with Crippen molar-refractivity contribution in [2.24, 2.45) is 0 Å². The molecule has 1 aromatic rings. The number of carbonyl (C=O) groups is 2. The standard InChI is InChI=1S/C9H12O3P.C5H8O4/c10-13(11,12)8-4-7-9-5-2-1-3-6-9;6-4(7)2-1-3-5(8)9/h1-3,5-6H,4,7-8H2,(H,10,11);1-3H2,(H,6,7)(H,8,9). The van der Waals surface area contributed by atoms with E-state index in [4.69, 9.17) is 15.1 Å². The van der Waals surface area contributed by atoms with E-state index < -0.39 is 19.5 Å². The predicted octanol–water partition coefficient (Wildman–Crippen LogP) is 2.56. The van der Waals surface area contributed by atoms with Crippen LogP contribution in [0.25, 0.3) is 0 Å². The molecule has 0 bridgehead atoms. The lowest BCUT2D eigenvalue weighted by molar-refractivity contribution is -0.138. The van der Waals surface area contributed by atoms with Gasteiger partial charge in [-0.15, -0.1) is 4.89 Å². The minimum atomic E-state index is -4.05. The van der Waals surface area contributed by atoms with Crippen LogP contribution in [0, 0.1) is 0 Å². The second-order valence-electron chi connectivity index (χ2n) is 4.59. The van der Waals surface area contributed by atoms with Crippen molar-refractivity contribution < 1.29 is 34.2 Å². The summed E-state index contributed by atoms with van der Waals surface area (Å²) in [6.45, 7) is 0. The van der Waals surface area contributed by atoms with Gasteiger partial charge >= 0.3 is 19.5 Å². The fraction of sp³-hybridized carbons (Fsp3) is 0.429. The fourth-order valence-corrected chi connectivity index (χ4v) is 2.08. The van der Waals surface area contributed by atoms with Crippen LogP contribution >= 0.6 is 7.60 Å². The molecule has 1 atom stereocenters. The normalized spacial score (nSPS) is 10.5. The molecule has 0 spiro atoms. The van der Waals surface area contributed by atoms with Gasteiger partial charge in [0.25, 0.3) is 0 Å². The summed E-state index contributed by atoms with van der Waals surface area (Å²) in [5.41, 5.74) is 1.09. The molecule has 1 radical (unpaired) electrons. The molecule has 22 heavy (non-hydrogen) atoms. The molecule has 0 saturated carbocycles. The number of carboxylic acid groups (broad SMARTS) is 2. The van der Waals surface area contributed by atoms with Gasteiger partial charge in [-0.3, -0.25) is 14.2 Å². The van der Waals surface area contributed by atoms with E-state index in [-0.39, 0.29) is 25.4 Å². The molecule has 7 nitrogen and oxygen atoms in total. The van der Waals surface area contributed by atoms with E-state index in [0.717, 1.165) is 5.56 Å². The van der Waals surface area contributed by atoms with Crippen LogP contribution in [0.4, 0.5) is 0 Å². The first-order chi connectivity index (χ1) is 10.2. The van der Waals surface area contributed by atoms with E-state index in [1.165, 1.54) is 0 Å². The average Bonchev–Trinajstić information content (AvgIpc) is 2.38. The van der Waals surface area contributed by atoms with Gasteiger partial charge in [-0.1, -0.05) is 30.3 Å². The number of aliphatic carboxylic acids is 2. The highest BCUT2D eigenvalue weighted by Crippen LogP contribution is 2.36. The van der Waals surface area contributed by atoms with E-state index in [1.807, 2.05) is 30.3 Å². The van der Waals surface area contributed by atoms with Gasteiger partial charge in [-0.2, -0.15) is 0 Å². The maximum atomic E-state index is 10.4. The van der Waals surface area contributed by atoms with E-state index in [2.05, 4.69) is 0 Å². The number of aryl methyl sites for hydroxylation is 1. The molecule has 0 aliphatic carbocycles. The van der Waals surface area contributed by atoms with Crippen molar-refractivity contribution in [2.75, 3.05) is 6.16 Å². The second-order valence-corrected chi connectivity index (χ2v) is 6.31. The van der Waals surface area contributed by atoms with Crippen molar-refractivity contribution in [3.05, 3.63) is 35.9 Å². The molecular formula is C14H20O7P. The summed E-state index contributed by atoms with van der Waals surface area (Å²) < 4.78 is 10.4. The van der Waals surface area contributed by atoms with Crippen molar-refractivity contribution in [3.63, 3.8) is 0 Å². The molecule has 0 amide bonds. The van der Waals surface area contributed by atoms with Crippen LogP contribution in [-0.2, 0) is 25.5 Å². The molecule has 0 heterocycles. The third-order valence-corrected chi connectivity index (χ3v) is 3.41. The highest BCUT2D eigenvalue weighted by molar-refractivity contribution is 7.51. The van der Waals surface area contributed by atoms with Crippen molar-refractivity contribution in [3.8, 4) is 0 Å². The van der Waals surface area contributed by atoms with Crippen molar-refractivity contribution in [1.29, 1.82) is 0 Å². The predicted molar refractivity (Wildman–Crippen MR) is 79.3 cm³/mol. The largest absolute Gasteiger partial charge is 0.481 e. The Kier molecular flexibility index (Phi) is 10.1. The first-order valence-electron chi connectivity index (χ1n) is 6.71. The maximum Gasteiger partial charge on any atom is 0.356 e. The van der Waals surface area contributed by atoms with Crippen LogP contribution in [0.2, 0.25) is 0 Å². The first-order valence-corrected chi connectivity index (χ1v) is 8.47. The average molecular weight is 331 g/mol. The van der Waals surface area contributed by atoms with E-state index in [0.29, 0.717) is 12.8 Å². The summed E-state index contributed by atoms with van der Waals surface area (Å²) in [6.07, 6.45) is 1.11. The molecule has 0 saturated heterocycles. The minimum Gasteiger partial charge on any atom is -0.481 e. The number of hydrogen-bond donors (Lipinski definition) is 3. The molecule has 1 aromatic carbocycles. The minimum absolute atomic E-state index is 0.0632. The second kappa shape index (κ2) is 11.0. The van der Waals surface area contributed by atoms with E-state index in [9.17, 15) is 19.0 Å². The van der Waals surface area contributed by atoms with Gasteiger partial charge < -0.3 is 15.1 Å². The lowest BCUT2D eigenvalue weighted by Crippen LogP contribution is -1.98. The Labute approximate surface area is 128 Å². The number of benzene rings is 1. The molecule has 0 aliphatic heterocycles. The summed E-state index contributed by atoms with van der Waals surface area (Å²) in [6, 6.07) is 9.60. The third kappa shape index (κ3) is 14.7. The van der Waals surface area contributed by atoms with Crippen LogP contribution in [0.1, 0.15) is 31.2 Å². The highest BCUT2D eigenvalue weighted by atomic mass is 31.2. The monoisotopic (exact) mass is 331 g/mol.